The molecule has 3 heterocycles. The van der Waals surface area contributed by atoms with E-state index in [0.29, 0.717) is 24.2 Å². The lowest BCUT2D eigenvalue weighted by Crippen LogP contribution is -2.64. The molecule has 1 spiro atoms. The molecule has 0 aromatic carbocycles. The number of nitrogens with zero attached hydrogens (tertiary/aromatic N) is 1. The fourth-order valence-corrected chi connectivity index (χ4v) is 3.70. The largest absolute Gasteiger partial charge is 0.483 e. The molecule has 114 valence electrons. The Morgan fingerprint density at radius 3 is 2.90 bits per heavy atom. The second-order valence-corrected chi connectivity index (χ2v) is 6.03. The van der Waals surface area contributed by atoms with E-state index in [1.807, 2.05) is 0 Å². The van der Waals surface area contributed by atoms with Crippen LogP contribution in [0.4, 0.5) is 0 Å². The summed E-state index contributed by atoms with van der Waals surface area (Å²) in [6.07, 6.45) is 2.63. The highest BCUT2D eigenvalue weighted by Gasteiger charge is 2.57. The van der Waals surface area contributed by atoms with Crippen molar-refractivity contribution in [2.45, 2.75) is 44.9 Å². The third-order valence-electron chi connectivity index (χ3n) is 4.68. The Morgan fingerprint density at radius 2 is 2.25 bits per heavy atom. The van der Waals surface area contributed by atoms with Gasteiger partial charge in [-0.1, -0.05) is 13.8 Å². The predicted molar refractivity (Wildman–Crippen MR) is 73.1 cm³/mol. The zero-order valence-electron chi connectivity index (χ0n) is 12.2. The van der Waals surface area contributed by atoms with Crippen molar-refractivity contribution < 1.29 is 19.4 Å². The van der Waals surface area contributed by atoms with E-state index in [-0.39, 0.29) is 18.2 Å². The van der Waals surface area contributed by atoms with Gasteiger partial charge in [-0.05, 0) is 18.9 Å². The van der Waals surface area contributed by atoms with Crippen LogP contribution in [-0.2, 0) is 14.3 Å². The van der Waals surface area contributed by atoms with Gasteiger partial charge in [0, 0.05) is 25.3 Å². The summed E-state index contributed by atoms with van der Waals surface area (Å²) in [7, 11) is 0. The molecule has 6 nitrogen and oxygen atoms in total. The van der Waals surface area contributed by atoms with Gasteiger partial charge in [0.1, 0.15) is 5.72 Å². The SMILES string of the molecule is CC(C)[C@H]1CO[C@]23CCNC[C@H]2CCC(=O)N13.O=CO. The standard InChI is InChI=1S/C13H22N2O2.CH2O2/c1-9(2)11-8-17-13-5-6-14-7-10(13)3-4-12(16)15(11)13;2-1-3/h9-11,14H,3-8H2,1-2H3;1H,(H,2,3)/t10-,11-,13-;/m1./s1. The van der Waals surface area contributed by atoms with Gasteiger partial charge >= 0.3 is 0 Å². The average molecular weight is 284 g/mol. The Balaban J connectivity index is 0.000000452. The first-order chi connectivity index (χ1) is 9.56. The Labute approximate surface area is 119 Å². The Bertz CT molecular complexity index is 374. The van der Waals surface area contributed by atoms with Crippen molar-refractivity contribution in [3.05, 3.63) is 0 Å². The summed E-state index contributed by atoms with van der Waals surface area (Å²) < 4.78 is 6.16. The molecule has 1 amide bonds. The molecule has 6 heteroatoms. The van der Waals surface area contributed by atoms with Crippen molar-refractivity contribution in [3.8, 4) is 0 Å². The van der Waals surface area contributed by atoms with Crippen LogP contribution >= 0.6 is 0 Å². The maximum absolute atomic E-state index is 12.3. The monoisotopic (exact) mass is 284 g/mol. The summed E-state index contributed by atoms with van der Waals surface area (Å²) in [6, 6.07) is 0.281. The Kier molecular flexibility index (Phi) is 4.65. The second kappa shape index (κ2) is 6.10. The van der Waals surface area contributed by atoms with Crippen LogP contribution in [0.15, 0.2) is 0 Å². The molecule has 0 unspecified atom stereocenters. The lowest BCUT2D eigenvalue weighted by Gasteiger charge is -2.51. The molecule has 0 aromatic heterocycles. The third kappa shape index (κ3) is 2.42. The van der Waals surface area contributed by atoms with Crippen LogP contribution in [0.2, 0.25) is 0 Å². The van der Waals surface area contributed by atoms with Crippen LogP contribution in [-0.4, -0.2) is 53.8 Å². The Morgan fingerprint density at radius 1 is 1.55 bits per heavy atom. The van der Waals surface area contributed by atoms with Crippen molar-refractivity contribution in [3.63, 3.8) is 0 Å². The van der Waals surface area contributed by atoms with Gasteiger partial charge in [-0.25, -0.2) is 0 Å². The summed E-state index contributed by atoms with van der Waals surface area (Å²) in [5.41, 5.74) is -0.268. The number of nitrogens with one attached hydrogen (secondary N) is 1. The molecule has 0 aliphatic carbocycles. The first-order valence-corrected chi connectivity index (χ1v) is 7.31. The van der Waals surface area contributed by atoms with Crippen molar-refractivity contribution in [1.29, 1.82) is 0 Å². The number of amides is 1. The quantitative estimate of drug-likeness (QED) is 0.692. The van der Waals surface area contributed by atoms with Crippen LogP contribution < -0.4 is 5.32 Å². The van der Waals surface area contributed by atoms with Gasteiger partial charge in [0.15, 0.2) is 0 Å². The minimum Gasteiger partial charge on any atom is -0.483 e. The van der Waals surface area contributed by atoms with Crippen LogP contribution in [0.1, 0.15) is 33.1 Å². The van der Waals surface area contributed by atoms with Crippen molar-refractivity contribution in [2.24, 2.45) is 11.8 Å². The summed E-state index contributed by atoms with van der Waals surface area (Å²) in [4.78, 5) is 22.7. The molecule has 3 saturated heterocycles. The van der Waals surface area contributed by atoms with Gasteiger partial charge < -0.3 is 20.1 Å². The Hall–Kier alpha value is -1.14. The van der Waals surface area contributed by atoms with Gasteiger partial charge in [0.2, 0.25) is 5.91 Å². The topological polar surface area (TPSA) is 78.9 Å². The minimum atomic E-state index is -0.268. The first kappa shape index (κ1) is 15.3. The molecule has 0 radical (unpaired) electrons. The van der Waals surface area contributed by atoms with E-state index in [0.717, 1.165) is 32.5 Å². The van der Waals surface area contributed by atoms with Crippen molar-refractivity contribution in [2.75, 3.05) is 19.7 Å². The van der Waals surface area contributed by atoms with Crippen molar-refractivity contribution in [1.82, 2.24) is 10.2 Å². The molecule has 20 heavy (non-hydrogen) atoms. The van der Waals surface area contributed by atoms with Crippen LogP contribution in [0.25, 0.3) is 0 Å². The van der Waals surface area contributed by atoms with Gasteiger partial charge in [-0.2, -0.15) is 0 Å². The molecule has 3 rings (SSSR count). The van der Waals surface area contributed by atoms with Gasteiger partial charge in [-0.15, -0.1) is 0 Å². The number of rotatable bonds is 1. The zero-order chi connectivity index (χ0) is 14.8. The maximum Gasteiger partial charge on any atom is 0.290 e. The summed E-state index contributed by atoms with van der Waals surface area (Å²) in [6.45, 7) is 6.80. The number of ether oxygens (including phenoxy) is 1. The zero-order valence-corrected chi connectivity index (χ0v) is 12.2. The molecule has 0 bridgehead atoms. The molecule has 2 N–H and O–H groups in total. The summed E-state index contributed by atoms with van der Waals surface area (Å²) in [5, 5.41) is 10.3. The van der Waals surface area contributed by atoms with E-state index in [1.165, 1.54) is 0 Å². The number of carboxylic acid groups (broad SMARTS) is 1. The van der Waals surface area contributed by atoms with Gasteiger partial charge in [0.25, 0.3) is 6.47 Å². The lowest BCUT2D eigenvalue weighted by molar-refractivity contribution is -0.183. The van der Waals surface area contributed by atoms with Gasteiger partial charge in [0.05, 0.1) is 12.6 Å². The lowest BCUT2D eigenvalue weighted by atomic mass is 9.80. The highest BCUT2D eigenvalue weighted by atomic mass is 16.5. The van der Waals surface area contributed by atoms with E-state index in [1.54, 1.807) is 0 Å². The maximum atomic E-state index is 12.3. The smallest absolute Gasteiger partial charge is 0.290 e. The van der Waals surface area contributed by atoms with E-state index in [2.05, 4.69) is 24.1 Å². The molecule has 3 fully saturated rings. The third-order valence-corrected chi connectivity index (χ3v) is 4.68. The summed E-state index contributed by atoms with van der Waals surface area (Å²) in [5.74, 6) is 1.27. The molecule has 3 atom stereocenters. The molecule has 3 aliphatic heterocycles. The first-order valence-electron chi connectivity index (χ1n) is 7.31. The summed E-state index contributed by atoms with van der Waals surface area (Å²) >= 11 is 0. The number of carbonyl (C=O) groups is 2. The van der Waals surface area contributed by atoms with Crippen LogP contribution in [0.5, 0.6) is 0 Å². The molecule has 0 aromatic rings. The number of carbonyl (C=O) groups excluding carboxylic acids is 1. The molecule has 0 saturated carbocycles. The van der Waals surface area contributed by atoms with E-state index in [4.69, 9.17) is 14.6 Å². The van der Waals surface area contributed by atoms with Crippen LogP contribution in [0, 0.1) is 11.8 Å². The van der Waals surface area contributed by atoms with E-state index in [9.17, 15) is 4.79 Å². The highest BCUT2D eigenvalue weighted by Crippen LogP contribution is 2.45. The second-order valence-electron chi connectivity index (χ2n) is 6.03. The molecular formula is C14H24N2O4. The molecule has 3 aliphatic rings. The predicted octanol–water partition coefficient (Wildman–Crippen LogP) is 0.670. The van der Waals surface area contributed by atoms with Crippen molar-refractivity contribution >= 4 is 12.4 Å². The average Bonchev–Trinajstić information content (AvgIpc) is 2.80. The number of piperidine rings is 2. The number of hydrogen-bond acceptors (Lipinski definition) is 4. The fourth-order valence-electron chi connectivity index (χ4n) is 3.70. The molecular weight excluding hydrogens is 260 g/mol. The van der Waals surface area contributed by atoms with Crippen LogP contribution in [0.3, 0.4) is 0 Å². The minimum absolute atomic E-state index is 0.250. The fraction of sp³-hybridized carbons (Fsp3) is 0.857. The van der Waals surface area contributed by atoms with E-state index >= 15 is 0 Å². The highest BCUT2D eigenvalue weighted by molar-refractivity contribution is 5.78. The number of hydrogen-bond donors (Lipinski definition) is 2. The normalized spacial score (nSPS) is 36.0. The van der Waals surface area contributed by atoms with E-state index < -0.39 is 0 Å². The van der Waals surface area contributed by atoms with Gasteiger partial charge in [-0.3, -0.25) is 9.59 Å².